The van der Waals surface area contributed by atoms with E-state index in [1.807, 2.05) is 18.2 Å². The predicted molar refractivity (Wildman–Crippen MR) is 273 cm³/mol. The Morgan fingerprint density at radius 3 is 0.768 bits per heavy atom. The first kappa shape index (κ1) is 39.2. The van der Waals surface area contributed by atoms with Gasteiger partial charge < -0.3 is 13.7 Å². The molecule has 7 aromatic carbocycles. The van der Waals surface area contributed by atoms with Gasteiger partial charge in [0, 0.05) is 67.6 Å². The van der Waals surface area contributed by atoms with Gasteiger partial charge in [-0.15, -0.1) is 0 Å². The number of hydrogen-bond donors (Lipinski definition) is 0. The largest absolute Gasteiger partial charge is 0.306 e. The van der Waals surface area contributed by atoms with Gasteiger partial charge in [0.1, 0.15) is 18.2 Å². The van der Waals surface area contributed by atoms with Gasteiger partial charge in [-0.1, -0.05) is 109 Å². The number of fused-ring (bicyclic) bond motifs is 9. The van der Waals surface area contributed by atoms with Gasteiger partial charge in [0.05, 0.1) is 83.9 Å². The number of para-hydroxylation sites is 6. The van der Waals surface area contributed by atoms with Crippen LogP contribution in [0.4, 0.5) is 0 Å². The normalized spacial score (nSPS) is 11.4. The fourth-order valence-corrected chi connectivity index (χ4v) is 10.4. The first-order chi connectivity index (χ1) is 34.1. The number of aromatic nitrogens is 6. The third-order valence-electron chi connectivity index (χ3n) is 13.3. The first-order valence-electron chi connectivity index (χ1n) is 22.4. The summed E-state index contributed by atoms with van der Waals surface area (Å²) in [5, 5.41) is 36.9. The van der Waals surface area contributed by atoms with Gasteiger partial charge in [-0.05, 0) is 72.8 Å². The molecular weight excluding hydrogens is 847 g/mol. The Hall–Kier alpha value is -10.1. The first-order valence-corrected chi connectivity index (χ1v) is 22.4. The zero-order valence-electron chi connectivity index (χ0n) is 36.6. The van der Waals surface area contributed by atoms with E-state index in [1.165, 1.54) is 0 Å². The average Bonchev–Trinajstić information content (AvgIpc) is 4.06. The predicted octanol–water partition coefficient (Wildman–Crippen LogP) is 13.8. The van der Waals surface area contributed by atoms with Gasteiger partial charge in [-0.3, -0.25) is 15.0 Å². The van der Waals surface area contributed by atoms with E-state index < -0.39 is 0 Å². The van der Waals surface area contributed by atoms with Crippen molar-refractivity contribution in [1.82, 2.24) is 28.7 Å². The molecule has 0 unspecified atom stereocenters. The summed E-state index contributed by atoms with van der Waals surface area (Å²) in [6.07, 6.45) is 4.83. The van der Waals surface area contributed by atoms with Crippen LogP contribution in [0.3, 0.4) is 0 Å². The quantitative estimate of drug-likeness (QED) is 0.164. The molecule has 6 heterocycles. The molecule has 0 spiro atoms. The molecular formula is C60H33N9. The lowest BCUT2D eigenvalue weighted by molar-refractivity contribution is 1.05. The topological polar surface area (TPSA) is 125 Å². The summed E-state index contributed by atoms with van der Waals surface area (Å²) in [5.41, 5.74) is 13.3. The second-order valence-corrected chi connectivity index (χ2v) is 16.9. The monoisotopic (exact) mass is 879 g/mol. The number of rotatable bonds is 6. The van der Waals surface area contributed by atoms with Crippen LogP contribution in [0.25, 0.3) is 116 Å². The maximum absolute atomic E-state index is 10.2. The molecule has 0 aliphatic rings. The Bertz CT molecular complexity index is 4020. The molecule has 9 heteroatoms. The highest BCUT2D eigenvalue weighted by Gasteiger charge is 2.35. The van der Waals surface area contributed by atoms with Crippen LogP contribution in [0, 0.1) is 34.0 Å². The van der Waals surface area contributed by atoms with E-state index in [4.69, 9.17) is 15.0 Å². The molecule has 0 bridgehead atoms. The molecule has 0 N–H and O–H groups in total. The number of nitrogens with zero attached hydrogens (tertiary/aromatic N) is 9. The lowest BCUT2D eigenvalue weighted by atomic mass is 9.87. The van der Waals surface area contributed by atoms with E-state index in [-0.39, 0.29) is 0 Å². The molecule has 0 aliphatic heterocycles. The van der Waals surface area contributed by atoms with Crippen molar-refractivity contribution in [3.8, 4) is 69.0 Å². The summed E-state index contributed by atoms with van der Waals surface area (Å²) < 4.78 is 7.11. The molecule has 69 heavy (non-hydrogen) atoms. The van der Waals surface area contributed by atoms with Crippen LogP contribution in [0.2, 0.25) is 0 Å². The second-order valence-electron chi connectivity index (χ2n) is 16.9. The summed E-state index contributed by atoms with van der Waals surface area (Å²) in [6.45, 7) is 0. The Labute approximate surface area is 394 Å². The third-order valence-corrected chi connectivity index (χ3v) is 13.3. The van der Waals surface area contributed by atoms with Crippen LogP contribution in [0.5, 0.6) is 0 Å². The minimum atomic E-state index is 0.405. The molecule has 6 aromatic heterocycles. The second kappa shape index (κ2) is 15.5. The van der Waals surface area contributed by atoms with E-state index in [0.717, 1.165) is 82.5 Å². The van der Waals surface area contributed by atoms with Gasteiger partial charge in [-0.2, -0.15) is 15.8 Å². The summed E-state index contributed by atoms with van der Waals surface area (Å²) >= 11 is 0. The molecule has 0 atom stereocenters. The number of hydrogen-bond acceptors (Lipinski definition) is 6. The van der Waals surface area contributed by atoms with Crippen molar-refractivity contribution in [2.45, 2.75) is 0 Å². The van der Waals surface area contributed by atoms with Crippen LogP contribution in [-0.2, 0) is 0 Å². The molecule has 0 saturated heterocycles. The SMILES string of the molecule is N#Cc1ccc(-c2c(-c3ccc(C#N)cn3)c(-n3c4ccccc4c4ccccc43)c(-n3c4ccccc4c4ccccc43)c(-n3c4ccccc4c4ccccc43)c2-c2ccc(C#N)cn2)nc1. The number of benzene rings is 7. The standard InChI is InChI=1S/C60H33N9/c61-31-37-25-28-46(64-34-37)55-56(47-29-26-38(32-62)35-65-47)58(67-49-19-7-1-13-40(49)41-14-2-8-20-50(41)67)60(69-53-23-11-5-17-44(53)45-18-6-12-24-54(45)69)59(57(55)48-30-27-39(33-63)36-66-48)68-51-21-9-3-15-42(51)43-16-4-10-22-52(43)68/h1-30,34-36H. The lowest BCUT2D eigenvalue weighted by Gasteiger charge is -2.30. The van der Waals surface area contributed by atoms with Crippen LogP contribution in [0.1, 0.15) is 16.7 Å². The molecule has 0 amide bonds. The van der Waals surface area contributed by atoms with Crippen molar-refractivity contribution in [2.75, 3.05) is 0 Å². The number of nitriles is 3. The van der Waals surface area contributed by atoms with Gasteiger partial charge in [0.15, 0.2) is 0 Å². The third kappa shape index (κ3) is 5.84. The van der Waals surface area contributed by atoms with Crippen LogP contribution in [0.15, 0.2) is 201 Å². The molecule has 13 rings (SSSR count). The van der Waals surface area contributed by atoms with E-state index in [9.17, 15) is 15.8 Å². The molecule has 13 aromatic rings. The Balaban J connectivity index is 1.42. The summed E-state index contributed by atoms with van der Waals surface area (Å²) in [4.78, 5) is 15.5. The highest BCUT2D eigenvalue weighted by Crippen LogP contribution is 2.54. The molecule has 0 aliphatic carbocycles. The molecule has 0 fully saturated rings. The molecule has 0 saturated carbocycles. The Morgan fingerprint density at radius 2 is 0.522 bits per heavy atom. The smallest absolute Gasteiger partial charge is 0.101 e. The number of pyridine rings is 3. The van der Waals surface area contributed by atoms with E-state index in [1.54, 1.807) is 36.8 Å². The van der Waals surface area contributed by atoms with Gasteiger partial charge in [0.2, 0.25) is 0 Å². The van der Waals surface area contributed by atoms with Crippen molar-refractivity contribution in [1.29, 1.82) is 15.8 Å². The van der Waals surface area contributed by atoms with E-state index in [0.29, 0.717) is 50.5 Å². The molecule has 9 nitrogen and oxygen atoms in total. The Morgan fingerprint density at radius 1 is 0.275 bits per heavy atom. The average molecular weight is 880 g/mol. The summed E-state index contributed by atoms with van der Waals surface area (Å²) in [7, 11) is 0. The highest BCUT2D eigenvalue weighted by molar-refractivity contribution is 6.17. The Kier molecular flexibility index (Phi) is 8.82. The lowest BCUT2D eigenvalue weighted by Crippen LogP contribution is -2.15. The van der Waals surface area contributed by atoms with Crippen molar-refractivity contribution in [2.24, 2.45) is 0 Å². The minimum Gasteiger partial charge on any atom is -0.306 e. The van der Waals surface area contributed by atoms with Gasteiger partial charge in [0.25, 0.3) is 0 Å². The summed E-state index contributed by atoms with van der Waals surface area (Å²) in [6, 6.07) is 68.9. The van der Waals surface area contributed by atoms with Gasteiger partial charge in [-0.25, -0.2) is 0 Å². The zero-order valence-corrected chi connectivity index (χ0v) is 36.6. The van der Waals surface area contributed by atoms with Crippen LogP contribution >= 0.6 is 0 Å². The van der Waals surface area contributed by atoms with E-state index >= 15 is 0 Å². The summed E-state index contributed by atoms with van der Waals surface area (Å²) in [5.74, 6) is 0. The van der Waals surface area contributed by atoms with Crippen LogP contribution < -0.4 is 0 Å². The van der Waals surface area contributed by atoms with Crippen molar-refractivity contribution in [3.63, 3.8) is 0 Å². The minimum absolute atomic E-state index is 0.405. The fraction of sp³-hybridized carbons (Fsp3) is 0. The fourth-order valence-electron chi connectivity index (χ4n) is 10.4. The highest BCUT2D eigenvalue weighted by atomic mass is 15.1. The maximum Gasteiger partial charge on any atom is 0.101 e. The van der Waals surface area contributed by atoms with Crippen molar-refractivity contribution < 1.29 is 0 Å². The molecule has 318 valence electrons. The zero-order chi connectivity index (χ0) is 46.2. The maximum atomic E-state index is 10.2. The molecule has 0 radical (unpaired) electrons. The van der Waals surface area contributed by atoms with Crippen LogP contribution in [-0.4, -0.2) is 28.7 Å². The van der Waals surface area contributed by atoms with Crippen molar-refractivity contribution >= 4 is 65.4 Å². The van der Waals surface area contributed by atoms with Crippen molar-refractivity contribution in [3.05, 3.63) is 217 Å². The van der Waals surface area contributed by atoms with Gasteiger partial charge >= 0.3 is 0 Å². The van der Waals surface area contributed by atoms with E-state index in [2.05, 4.69) is 178 Å².